The van der Waals surface area contributed by atoms with Crippen LogP contribution in [0.1, 0.15) is 27.8 Å². The van der Waals surface area contributed by atoms with Crippen LogP contribution in [0.3, 0.4) is 0 Å². The largest absolute Gasteiger partial charge is 0.369 e. The SMILES string of the molecule is Cn1nccc1CN1CCO[C@H](c2ccc(-c3ccc(C(N)=O)cc3)cn2)C1. The topological polar surface area (TPSA) is 86.3 Å². The molecule has 1 fully saturated rings. The number of ether oxygens (including phenoxy) is 1. The average Bonchev–Trinajstić information content (AvgIpc) is 3.13. The summed E-state index contributed by atoms with van der Waals surface area (Å²) < 4.78 is 7.86. The highest BCUT2D eigenvalue weighted by molar-refractivity contribution is 5.93. The second kappa shape index (κ2) is 7.92. The van der Waals surface area contributed by atoms with Gasteiger partial charge in [0.1, 0.15) is 6.10 Å². The highest BCUT2D eigenvalue weighted by Crippen LogP contribution is 2.25. The monoisotopic (exact) mass is 377 g/mol. The van der Waals surface area contributed by atoms with E-state index in [1.54, 1.807) is 12.1 Å². The number of carbonyl (C=O) groups is 1. The summed E-state index contributed by atoms with van der Waals surface area (Å²) in [5.74, 6) is -0.426. The van der Waals surface area contributed by atoms with Crippen molar-refractivity contribution in [3.8, 4) is 11.1 Å². The third-order valence-electron chi connectivity index (χ3n) is 5.08. The van der Waals surface area contributed by atoms with E-state index in [1.807, 2.05) is 54.5 Å². The summed E-state index contributed by atoms with van der Waals surface area (Å²) in [6.07, 6.45) is 3.62. The van der Waals surface area contributed by atoms with Gasteiger partial charge in [-0.25, -0.2) is 0 Å². The molecule has 0 unspecified atom stereocenters. The molecular weight excluding hydrogens is 354 g/mol. The highest BCUT2D eigenvalue weighted by Gasteiger charge is 2.23. The smallest absolute Gasteiger partial charge is 0.248 e. The second-order valence-corrected chi connectivity index (χ2v) is 6.95. The second-order valence-electron chi connectivity index (χ2n) is 6.95. The minimum Gasteiger partial charge on any atom is -0.369 e. The van der Waals surface area contributed by atoms with Crippen LogP contribution in [0, 0.1) is 0 Å². The number of carbonyl (C=O) groups excluding carboxylic acids is 1. The van der Waals surface area contributed by atoms with Gasteiger partial charge in [-0.3, -0.25) is 19.4 Å². The molecule has 3 heterocycles. The molecule has 1 atom stereocenters. The van der Waals surface area contributed by atoms with Crippen LogP contribution in [0.15, 0.2) is 54.9 Å². The lowest BCUT2D eigenvalue weighted by Gasteiger charge is -2.32. The number of nitrogens with zero attached hydrogens (tertiary/aromatic N) is 4. The first kappa shape index (κ1) is 18.3. The van der Waals surface area contributed by atoms with E-state index in [0.29, 0.717) is 12.2 Å². The number of primary amides is 1. The molecule has 28 heavy (non-hydrogen) atoms. The molecular formula is C21H23N5O2. The van der Waals surface area contributed by atoms with Gasteiger partial charge in [-0.2, -0.15) is 5.10 Å². The third kappa shape index (κ3) is 3.95. The van der Waals surface area contributed by atoms with Gasteiger partial charge in [-0.15, -0.1) is 0 Å². The Morgan fingerprint density at radius 3 is 2.61 bits per heavy atom. The maximum Gasteiger partial charge on any atom is 0.248 e. The van der Waals surface area contributed by atoms with Crippen molar-refractivity contribution < 1.29 is 9.53 Å². The number of hydrogen-bond acceptors (Lipinski definition) is 5. The molecule has 2 aromatic heterocycles. The lowest BCUT2D eigenvalue weighted by Crippen LogP contribution is -2.38. The molecule has 0 spiro atoms. The van der Waals surface area contributed by atoms with Gasteiger partial charge in [0.2, 0.25) is 5.91 Å². The number of morpholine rings is 1. The van der Waals surface area contributed by atoms with Crippen molar-refractivity contribution in [2.24, 2.45) is 12.8 Å². The first-order valence-corrected chi connectivity index (χ1v) is 9.27. The highest BCUT2D eigenvalue weighted by atomic mass is 16.5. The molecule has 2 N–H and O–H groups in total. The molecule has 4 rings (SSSR count). The maximum absolute atomic E-state index is 11.2. The Hall–Kier alpha value is -3.03. The molecule has 3 aromatic rings. The van der Waals surface area contributed by atoms with Crippen LogP contribution in [-0.2, 0) is 18.3 Å². The van der Waals surface area contributed by atoms with Gasteiger partial charge in [-0.05, 0) is 29.8 Å². The first-order chi connectivity index (χ1) is 13.6. The van der Waals surface area contributed by atoms with Crippen LogP contribution >= 0.6 is 0 Å². The molecule has 1 amide bonds. The van der Waals surface area contributed by atoms with E-state index in [2.05, 4.69) is 15.0 Å². The van der Waals surface area contributed by atoms with Crippen molar-refractivity contribution in [3.05, 3.63) is 71.8 Å². The number of amides is 1. The molecule has 1 saturated heterocycles. The molecule has 0 saturated carbocycles. The molecule has 0 bridgehead atoms. The van der Waals surface area contributed by atoms with Crippen LogP contribution in [0.2, 0.25) is 0 Å². The number of aromatic nitrogens is 3. The average molecular weight is 377 g/mol. The minimum atomic E-state index is -0.426. The summed E-state index contributed by atoms with van der Waals surface area (Å²) in [6, 6.07) is 13.3. The molecule has 144 valence electrons. The zero-order valence-corrected chi connectivity index (χ0v) is 15.8. The van der Waals surface area contributed by atoms with Crippen molar-refractivity contribution in [1.82, 2.24) is 19.7 Å². The normalized spacial score (nSPS) is 17.5. The van der Waals surface area contributed by atoms with Gasteiger partial charge >= 0.3 is 0 Å². The summed E-state index contributed by atoms with van der Waals surface area (Å²) in [4.78, 5) is 18.2. The van der Waals surface area contributed by atoms with E-state index in [1.165, 1.54) is 5.69 Å². The van der Waals surface area contributed by atoms with E-state index in [9.17, 15) is 4.79 Å². The van der Waals surface area contributed by atoms with Crippen LogP contribution in [0.5, 0.6) is 0 Å². The predicted molar refractivity (Wildman–Crippen MR) is 105 cm³/mol. The Labute approximate surface area is 163 Å². The summed E-state index contributed by atoms with van der Waals surface area (Å²) in [7, 11) is 1.96. The van der Waals surface area contributed by atoms with E-state index in [-0.39, 0.29) is 6.10 Å². The fraction of sp³-hybridized carbons (Fsp3) is 0.286. The Balaban J connectivity index is 1.44. The quantitative estimate of drug-likeness (QED) is 0.736. The third-order valence-corrected chi connectivity index (χ3v) is 5.08. The Bertz CT molecular complexity index is 950. The number of hydrogen-bond donors (Lipinski definition) is 1. The molecule has 7 heteroatoms. The van der Waals surface area contributed by atoms with Crippen molar-refractivity contribution in [1.29, 1.82) is 0 Å². The van der Waals surface area contributed by atoms with E-state index in [0.717, 1.165) is 36.5 Å². The summed E-state index contributed by atoms with van der Waals surface area (Å²) in [6.45, 7) is 3.22. The predicted octanol–water partition coefficient (Wildman–Crippen LogP) is 2.15. The van der Waals surface area contributed by atoms with Gasteiger partial charge in [0.15, 0.2) is 0 Å². The summed E-state index contributed by atoms with van der Waals surface area (Å²) in [5, 5.41) is 4.23. The Morgan fingerprint density at radius 2 is 1.96 bits per heavy atom. The summed E-state index contributed by atoms with van der Waals surface area (Å²) in [5.41, 5.74) is 9.88. The molecule has 1 aliphatic rings. The van der Waals surface area contributed by atoms with Gasteiger partial charge < -0.3 is 10.5 Å². The van der Waals surface area contributed by atoms with Crippen molar-refractivity contribution >= 4 is 5.91 Å². The Kier molecular flexibility index (Phi) is 5.18. The fourth-order valence-corrected chi connectivity index (χ4v) is 3.40. The number of pyridine rings is 1. The van der Waals surface area contributed by atoms with E-state index in [4.69, 9.17) is 10.5 Å². The van der Waals surface area contributed by atoms with Crippen LogP contribution in [0.4, 0.5) is 0 Å². The van der Waals surface area contributed by atoms with E-state index < -0.39 is 5.91 Å². The van der Waals surface area contributed by atoms with Gasteiger partial charge in [-0.1, -0.05) is 18.2 Å². The van der Waals surface area contributed by atoms with Gasteiger partial charge in [0.25, 0.3) is 0 Å². The first-order valence-electron chi connectivity index (χ1n) is 9.27. The number of benzene rings is 1. The molecule has 7 nitrogen and oxygen atoms in total. The van der Waals surface area contributed by atoms with Gasteiger partial charge in [0, 0.05) is 50.2 Å². The number of aryl methyl sites for hydroxylation is 1. The van der Waals surface area contributed by atoms with Crippen LogP contribution in [-0.4, -0.2) is 45.3 Å². The summed E-state index contributed by atoms with van der Waals surface area (Å²) >= 11 is 0. The van der Waals surface area contributed by atoms with Crippen molar-refractivity contribution in [3.63, 3.8) is 0 Å². The molecule has 0 radical (unpaired) electrons. The lowest BCUT2D eigenvalue weighted by molar-refractivity contribution is -0.0356. The Morgan fingerprint density at radius 1 is 1.18 bits per heavy atom. The fourth-order valence-electron chi connectivity index (χ4n) is 3.40. The maximum atomic E-state index is 11.2. The minimum absolute atomic E-state index is 0.0479. The van der Waals surface area contributed by atoms with Crippen LogP contribution < -0.4 is 5.73 Å². The van der Waals surface area contributed by atoms with E-state index >= 15 is 0 Å². The van der Waals surface area contributed by atoms with Gasteiger partial charge in [0.05, 0.1) is 18.0 Å². The number of nitrogens with two attached hydrogens (primary N) is 1. The van der Waals surface area contributed by atoms with Crippen LogP contribution in [0.25, 0.3) is 11.1 Å². The number of rotatable bonds is 5. The lowest BCUT2D eigenvalue weighted by atomic mass is 10.0. The molecule has 0 aliphatic carbocycles. The van der Waals surface area contributed by atoms with Crippen molar-refractivity contribution in [2.75, 3.05) is 19.7 Å². The molecule has 1 aromatic carbocycles. The zero-order valence-electron chi connectivity index (χ0n) is 15.8. The van der Waals surface area contributed by atoms with Crippen molar-refractivity contribution in [2.45, 2.75) is 12.6 Å². The standard InChI is InChI=1S/C21H23N5O2/c1-25-18(8-9-24-25)13-26-10-11-28-20(14-26)19-7-6-17(12-23-19)15-2-4-16(5-3-15)21(22)27/h2-9,12,20H,10-11,13-14H2,1H3,(H2,22,27)/t20-/m0/s1. The molecule has 1 aliphatic heterocycles. The zero-order chi connectivity index (χ0) is 19.5.